The number of fused-ring (bicyclic) bond motifs is 1. The van der Waals surface area contributed by atoms with Gasteiger partial charge in [0.25, 0.3) is 0 Å². The molecule has 110 valence electrons. The lowest BCUT2D eigenvalue weighted by Gasteiger charge is -2.09. The van der Waals surface area contributed by atoms with Crippen molar-refractivity contribution in [3.05, 3.63) is 22.7 Å². The number of rotatable bonds is 6. The van der Waals surface area contributed by atoms with E-state index in [-0.39, 0.29) is 19.2 Å². The molecule has 20 heavy (non-hydrogen) atoms. The van der Waals surface area contributed by atoms with Crippen LogP contribution in [0, 0.1) is 5.92 Å². The minimum Gasteiger partial charge on any atom is -0.454 e. The number of ether oxygens (including phenoxy) is 2. The molecule has 0 unspecified atom stereocenters. The summed E-state index contributed by atoms with van der Waals surface area (Å²) in [5.41, 5.74) is 0.955. The van der Waals surface area contributed by atoms with Crippen molar-refractivity contribution in [2.24, 2.45) is 5.92 Å². The van der Waals surface area contributed by atoms with Crippen LogP contribution in [-0.4, -0.2) is 25.8 Å². The maximum atomic E-state index is 11.5. The molecule has 1 aromatic carbocycles. The molecule has 2 rings (SSSR count). The van der Waals surface area contributed by atoms with E-state index in [2.05, 4.69) is 24.5 Å². The molecule has 0 saturated heterocycles. The van der Waals surface area contributed by atoms with Crippen LogP contribution in [0.1, 0.15) is 19.4 Å². The van der Waals surface area contributed by atoms with Gasteiger partial charge in [0.1, 0.15) is 0 Å². The SMILES string of the molecule is CC(C)CNC(=O)CNCc1cc(Cl)c2c(c1)OCO2. The number of carbonyl (C=O) groups excluding carboxylic acids is 1. The van der Waals surface area contributed by atoms with Gasteiger partial charge >= 0.3 is 0 Å². The van der Waals surface area contributed by atoms with Gasteiger partial charge in [0.05, 0.1) is 11.6 Å². The molecule has 2 N–H and O–H groups in total. The Labute approximate surface area is 123 Å². The smallest absolute Gasteiger partial charge is 0.233 e. The van der Waals surface area contributed by atoms with E-state index in [0.717, 1.165) is 5.56 Å². The van der Waals surface area contributed by atoms with Crippen LogP contribution >= 0.6 is 11.6 Å². The largest absolute Gasteiger partial charge is 0.454 e. The van der Waals surface area contributed by atoms with Crippen LogP contribution in [0.25, 0.3) is 0 Å². The highest BCUT2D eigenvalue weighted by atomic mass is 35.5. The fourth-order valence-corrected chi connectivity index (χ4v) is 2.11. The lowest BCUT2D eigenvalue weighted by atomic mass is 10.2. The van der Waals surface area contributed by atoms with E-state index in [1.807, 2.05) is 12.1 Å². The minimum atomic E-state index is -0.00876. The van der Waals surface area contributed by atoms with Gasteiger partial charge in [-0.1, -0.05) is 25.4 Å². The quantitative estimate of drug-likeness (QED) is 0.842. The summed E-state index contributed by atoms with van der Waals surface area (Å²) in [6.45, 7) is 5.83. The summed E-state index contributed by atoms with van der Waals surface area (Å²) in [6.07, 6.45) is 0. The number of hydrogen-bond acceptors (Lipinski definition) is 4. The van der Waals surface area contributed by atoms with Crippen LogP contribution in [-0.2, 0) is 11.3 Å². The maximum Gasteiger partial charge on any atom is 0.233 e. The van der Waals surface area contributed by atoms with Crippen molar-refractivity contribution in [3.63, 3.8) is 0 Å². The Kier molecular flexibility index (Phi) is 5.09. The predicted molar refractivity (Wildman–Crippen MR) is 77.1 cm³/mol. The maximum absolute atomic E-state index is 11.5. The summed E-state index contributed by atoms with van der Waals surface area (Å²) in [6, 6.07) is 3.68. The number of amides is 1. The second-order valence-corrected chi connectivity index (χ2v) is 5.52. The first-order valence-corrected chi connectivity index (χ1v) is 6.99. The topological polar surface area (TPSA) is 59.6 Å². The summed E-state index contributed by atoms with van der Waals surface area (Å²) >= 11 is 6.09. The third-order valence-electron chi connectivity index (χ3n) is 2.81. The highest BCUT2D eigenvalue weighted by Gasteiger charge is 2.18. The molecule has 0 atom stereocenters. The Balaban J connectivity index is 1.80. The molecule has 0 radical (unpaired) electrons. The molecule has 0 saturated carbocycles. The fourth-order valence-electron chi connectivity index (χ4n) is 1.82. The van der Waals surface area contributed by atoms with Crippen LogP contribution in [0.3, 0.4) is 0 Å². The molecule has 0 bridgehead atoms. The number of carbonyl (C=O) groups is 1. The number of halogens is 1. The molecule has 0 aromatic heterocycles. The molecule has 1 aliphatic heterocycles. The zero-order chi connectivity index (χ0) is 14.5. The second-order valence-electron chi connectivity index (χ2n) is 5.11. The highest BCUT2D eigenvalue weighted by Crippen LogP contribution is 2.39. The summed E-state index contributed by atoms with van der Waals surface area (Å²) in [5, 5.41) is 6.45. The standard InChI is InChI=1S/C14H19ClN2O3/c1-9(2)5-17-13(18)7-16-6-10-3-11(15)14-12(4-10)19-8-20-14/h3-4,9,16H,5-8H2,1-2H3,(H,17,18). The molecule has 0 spiro atoms. The second kappa shape index (κ2) is 6.81. The van der Waals surface area contributed by atoms with E-state index >= 15 is 0 Å². The fraction of sp³-hybridized carbons (Fsp3) is 0.500. The molecule has 1 amide bonds. The van der Waals surface area contributed by atoms with Gasteiger partial charge in [-0.25, -0.2) is 0 Å². The zero-order valence-corrected chi connectivity index (χ0v) is 12.4. The minimum absolute atomic E-state index is 0.00876. The predicted octanol–water partition coefficient (Wildman–Crippen LogP) is 1.93. The van der Waals surface area contributed by atoms with E-state index in [0.29, 0.717) is 35.5 Å². The molecule has 5 nitrogen and oxygen atoms in total. The van der Waals surface area contributed by atoms with Gasteiger partial charge in [0.2, 0.25) is 12.7 Å². The first-order chi connectivity index (χ1) is 9.56. The molecular formula is C14H19ClN2O3. The number of hydrogen-bond donors (Lipinski definition) is 2. The van der Waals surface area contributed by atoms with Gasteiger partial charge in [0.15, 0.2) is 11.5 Å². The lowest BCUT2D eigenvalue weighted by Crippen LogP contribution is -2.35. The first-order valence-electron chi connectivity index (χ1n) is 6.61. The van der Waals surface area contributed by atoms with Gasteiger partial charge in [-0.05, 0) is 23.6 Å². The molecule has 1 heterocycles. The molecule has 6 heteroatoms. The van der Waals surface area contributed by atoms with Gasteiger partial charge in [-0.3, -0.25) is 4.79 Å². The van der Waals surface area contributed by atoms with E-state index in [9.17, 15) is 4.79 Å². The Morgan fingerprint density at radius 1 is 1.40 bits per heavy atom. The lowest BCUT2D eigenvalue weighted by molar-refractivity contribution is -0.120. The van der Waals surface area contributed by atoms with Crippen molar-refractivity contribution in [2.45, 2.75) is 20.4 Å². The number of benzene rings is 1. The Morgan fingerprint density at radius 3 is 2.95 bits per heavy atom. The monoisotopic (exact) mass is 298 g/mol. The van der Waals surface area contributed by atoms with Crippen molar-refractivity contribution in [2.75, 3.05) is 19.9 Å². The third-order valence-corrected chi connectivity index (χ3v) is 3.09. The van der Waals surface area contributed by atoms with E-state index in [1.165, 1.54) is 0 Å². The van der Waals surface area contributed by atoms with Crippen LogP contribution in [0.2, 0.25) is 5.02 Å². The summed E-state index contributed by atoms with van der Waals surface area (Å²) in [4.78, 5) is 11.5. The molecular weight excluding hydrogens is 280 g/mol. The average molecular weight is 299 g/mol. The van der Waals surface area contributed by atoms with Crippen LogP contribution in [0.5, 0.6) is 11.5 Å². The highest BCUT2D eigenvalue weighted by molar-refractivity contribution is 6.32. The molecule has 0 aliphatic carbocycles. The van der Waals surface area contributed by atoms with Crippen molar-refractivity contribution >= 4 is 17.5 Å². The molecule has 0 fully saturated rings. The van der Waals surface area contributed by atoms with Gasteiger partial charge in [0, 0.05) is 13.1 Å². The van der Waals surface area contributed by atoms with E-state index in [4.69, 9.17) is 21.1 Å². The van der Waals surface area contributed by atoms with Crippen molar-refractivity contribution in [1.82, 2.24) is 10.6 Å². The first kappa shape index (κ1) is 14.9. The van der Waals surface area contributed by atoms with Gasteiger partial charge < -0.3 is 20.1 Å². The Hall–Kier alpha value is -1.46. The van der Waals surface area contributed by atoms with Crippen LogP contribution in [0.4, 0.5) is 0 Å². The summed E-state index contributed by atoms with van der Waals surface area (Å²) < 4.78 is 10.5. The number of nitrogens with one attached hydrogen (secondary N) is 2. The third kappa shape index (κ3) is 4.02. The molecule has 1 aliphatic rings. The van der Waals surface area contributed by atoms with Crippen LogP contribution < -0.4 is 20.1 Å². The van der Waals surface area contributed by atoms with E-state index < -0.39 is 0 Å². The summed E-state index contributed by atoms with van der Waals surface area (Å²) in [7, 11) is 0. The van der Waals surface area contributed by atoms with Crippen LogP contribution in [0.15, 0.2) is 12.1 Å². The van der Waals surface area contributed by atoms with Gasteiger partial charge in [-0.15, -0.1) is 0 Å². The Bertz CT molecular complexity index is 492. The van der Waals surface area contributed by atoms with Crippen molar-refractivity contribution in [1.29, 1.82) is 0 Å². The average Bonchev–Trinajstić information content (AvgIpc) is 2.85. The summed E-state index contributed by atoms with van der Waals surface area (Å²) in [5.74, 6) is 1.68. The van der Waals surface area contributed by atoms with Crippen molar-refractivity contribution < 1.29 is 14.3 Å². The normalized spacial score (nSPS) is 12.8. The Morgan fingerprint density at radius 2 is 2.20 bits per heavy atom. The van der Waals surface area contributed by atoms with Crippen molar-refractivity contribution in [3.8, 4) is 11.5 Å². The van der Waals surface area contributed by atoms with Gasteiger partial charge in [-0.2, -0.15) is 0 Å². The zero-order valence-electron chi connectivity index (χ0n) is 11.7. The molecule has 1 aromatic rings. The van der Waals surface area contributed by atoms with E-state index in [1.54, 1.807) is 0 Å².